The minimum atomic E-state index is -0.795. The number of anilines is 1. The third kappa shape index (κ3) is 6.89. The summed E-state index contributed by atoms with van der Waals surface area (Å²) in [4.78, 5) is 50.1. The number of ether oxygens (including phenoxy) is 1. The van der Waals surface area contributed by atoms with Crippen molar-refractivity contribution in [2.45, 2.75) is 109 Å². The second kappa shape index (κ2) is 14.4. The Labute approximate surface area is 287 Å². The van der Waals surface area contributed by atoms with Crippen LogP contribution in [0, 0.1) is 23.2 Å². The number of aliphatic hydroxyl groups is 1. The number of rotatable bonds is 15. The summed E-state index contributed by atoms with van der Waals surface area (Å²) >= 11 is 1.67. The van der Waals surface area contributed by atoms with E-state index in [2.05, 4.69) is 47.8 Å². The second-order valence-electron chi connectivity index (χ2n) is 15.4. The van der Waals surface area contributed by atoms with Crippen LogP contribution in [0.15, 0.2) is 49.6 Å². The van der Waals surface area contributed by atoms with E-state index in [1.165, 1.54) is 0 Å². The van der Waals surface area contributed by atoms with Gasteiger partial charge in [-0.25, -0.2) is 0 Å². The maximum Gasteiger partial charge on any atom is 0.247 e. The molecule has 8 nitrogen and oxygen atoms in total. The third-order valence-corrected chi connectivity index (χ3v) is 12.4. The molecule has 0 aliphatic carbocycles. The van der Waals surface area contributed by atoms with Crippen LogP contribution in [0.3, 0.4) is 0 Å². The van der Waals surface area contributed by atoms with Crippen molar-refractivity contribution in [3.8, 4) is 5.75 Å². The number of likely N-dealkylation sites (tertiary alicyclic amines) is 1. The Morgan fingerprint density at radius 3 is 2.28 bits per heavy atom. The predicted octanol–water partition coefficient (Wildman–Crippen LogP) is 6.33. The maximum absolute atomic E-state index is 15.2. The number of aliphatic hydroxyl groups excluding tert-OH is 1. The third-order valence-electron chi connectivity index (χ3n) is 10.4. The van der Waals surface area contributed by atoms with Crippen LogP contribution in [-0.2, 0) is 14.4 Å². The monoisotopic (exact) mass is 667 g/mol. The number of carbonyl (C=O) groups is 3. The lowest BCUT2D eigenvalue weighted by Crippen LogP contribution is -2.62. The number of hydrogen-bond acceptors (Lipinski definition) is 6. The minimum absolute atomic E-state index is 0.0395. The fourth-order valence-corrected chi connectivity index (χ4v) is 10.8. The lowest BCUT2D eigenvalue weighted by atomic mass is 9.70. The molecular formula is C38H57N3O5S. The van der Waals surface area contributed by atoms with Gasteiger partial charge in [-0.15, -0.1) is 24.9 Å². The average molecular weight is 668 g/mol. The van der Waals surface area contributed by atoms with Crippen molar-refractivity contribution in [3.05, 3.63) is 49.6 Å². The first kappa shape index (κ1) is 37.0. The molecule has 1 aromatic carbocycles. The van der Waals surface area contributed by atoms with Crippen LogP contribution in [0.2, 0.25) is 0 Å². The van der Waals surface area contributed by atoms with Gasteiger partial charge in [0.25, 0.3) is 0 Å². The van der Waals surface area contributed by atoms with Crippen molar-refractivity contribution >= 4 is 35.2 Å². The molecule has 3 aliphatic heterocycles. The molecule has 2 bridgehead atoms. The summed E-state index contributed by atoms with van der Waals surface area (Å²) < 4.78 is 4.86. The molecule has 1 N–H and O–H groups in total. The first-order valence-electron chi connectivity index (χ1n) is 17.3. The van der Waals surface area contributed by atoms with Crippen LogP contribution in [-0.4, -0.2) is 86.6 Å². The van der Waals surface area contributed by atoms with Gasteiger partial charge >= 0.3 is 0 Å². The fourth-order valence-electron chi connectivity index (χ4n) is 8.65. The highest BCUT2D eigenvalue weighted by molar-refractivity contribution is 8.02. The molecule has 47 heavy (non-hydrogen) atoms. The Morgan fingerprint density at radius 2 is 1.74 bits per heavy atom. The van der Waals surface area contributed by atoms with Gasteiger partial charge in [0.15, 0.2) is 0 Å². The van der Waals surface area contributed by atoms with E-state index in [1.54, 1.807) is 33.7 Å². The molecule has 9 heteroatoms. The Bertz CT molecular complexity index is 1320. The van der Waals surface area contributed by atoms with Crippen LogP contribution in [0.5, 0.6) is 5.75 Å². The highest BCUT2D eigenvalue weighted by atomic mass is 32.2. The summed E-state index contributed by atoms with van der Waals surface area (Å²) in [5.41, 5.74) is 0.139. The van der Waals surface area contributed by atoms with Crippen molar-refractivity contribution in [2.75, 3.05) is 31.2 Å². The zero-order valence-corrected chi connectivity index (χ0v) is 30.6. The smallest absolute Gasteiger partial charge is 0.247 e. The molecule has 1 aromatic rings. The highest BCUT2D eigenvalue weighted by Crippen LogP contribution is 2.67. The van der Waals surface area contributed by atoms with Crippen molar-refractivity contribution in [2.24, 2.45) is 23.2 Å². The first-order valence-corrected chi connectivity index (χ1v) is 18.2. The quantitative estimate of drug-likeness (QED) is 0.220. The van der Waals surface area contributed by atoms with Crippen LogP contribution in [0.25, 0.3) is 0 Å². The molecule has 3 heterocycles. The van der Waals surface area contributed by atoms with E-state index in [0.717, 1.165) is 25.0 Å². The van der Waals surface area contributed by atoms with E-state index in [9.17, 15) is 14.7 Å². The maximum atomic E-state index is 15.2. The summed E-state index contributed by atoms with van der Waals surface area (Å²) in [6.45, 7) is 25.5. The highest BCUT2D eigenvalue weighted by Gasteiger charge is 2.75. The van der Waals surface area contributed by atoms with E-state index < -0.39 is 34.2 Å². The van der Waals surface area contributed by atoms with Gasteiger partial charge in [0, 0.05) is 29.6 Å². The molecule has 4 rings (SSSR count). The number of thioether (sulfide) groups is 1. The molecular weight excluding hydrogens is 611 g/mol. The summed E-state index contributed by atoms with van der Waals surface area (Å²) in [6, 6.07) is 6.10. The lowest BCUT2D eigenvalue weighted by molar-refractivity contribution is -0.150. The van der Waals surface area contributed by atoms with Gasteiger partial charge in [-0.05, 0) is 75.6 Å². The van der Waals surface area contributed by atoms with E-state index in [1.807, 2.05) is 49.9 Å². The largest absolute Gasteiger partial charge is 0.494 e. The molecule has 2 unspecified atom stereocenters. The van der Waals surface area contributed by atoms with Gasteiger partial charge in [-0.3, -0.25) is 14.4 Å². The van der Waals surface area contributed by atoms with Crippen LogP contribution in [0.1, 0.15) is 81.1 Å². The molecule has 7 atom stereocenters. The molecule has 3 amide bonds. The van der Waals surface area contributed by atoms with Crippen molar-refractivity contribution < 1.29 is 24.2 Å². The summed E-state index contributed by atoms with van der Waals surface area (Å²) in [5.74, 6) is -1.02. The SMILES string of the molecule is C=CCN(C(=O)[C@@H]1[C@@H]2CCC3(S2)C(C(=O)N(CC=C)C(C)(C)CC(C)(C)C)N([C@@H](CO)[C@@H](C)CC)C(=O)[C@H]13)c1ccc(OCC)cc1. The fraction of sp³-hybridized carbons (Fsp3) is 0.658. The van der Waals surface area contributed by atoms with Crippen molar-refractivity contribution in [1.29, 1.82) is 0 Å². The van der Waals surface area contributed by atoms with E-state index in [0.29, 0.717) is 31.8 Å². The molecule has 3 fully saturated rings. The molecule has 0 aromatic heterocycles. The first-order chi connectivity index (χ1) is 22.1. The number of benzene rings is 1. The van der Waals surface area contributed by atoms with E-state index in [4.69, 9.17) is 4.74 Å². The number of hydrogen-bond donors (Lipinski definition) is 1. The Balaban J connectivity index is 1.82. The normalized spacial score (nSPS) is 26.5. The van der Waals surface area contributed by atoms with Crippen LogP contribution in [0.4, 0.5) is 5.69 Å². The van der Waals surface area contributed by atoms with Gasteiger partial charge in [0.05, 0.1) is 35.8 Å². The molecule has 0 saturated carbocycles. The van der Waals surface area contributed by atoms with Gasteiger partial charge in [-0.2, -0.15) is 0 Å². The molecule has 3 saturated heterocycles. The van der Waals surface area contributed by atoms with Crippen molar-refractivity contribution in [1.82, 2.24) is 9.80 Å². The van der Waals surface area contributed by atoms with Gasteiger partial charge < -0.3 is 24.5 Å². The number of carbonyl (C=O) groups excluding carboxylic acids is 3. The summed E-state index contributed by atoms with van der Waals surface area (Å²) in [5, 5.41) is 10.7. The van der Waals surface area contributed by atoms with E-state index >= 15 is 4.79 Å². The summed E-state index contributed by atoms with van der Waals surface area (Å²) in [6.07, 6.45) is 6.36. The summed E-state index contributed by atoms with van der Waals surface area (Å²) in [7, 11) is 0. The zero-order valence-electron chi connectivity index (χ0n) is 29.8. The predicted molar refractivity (Wildman–Crippen MR) is 192 cm³/mol. The van der Waals surface area contributed by atoms with E-state index in [-0.39, 0.29) is 40.9 Å². The minimum Gasteiger partial charge on any atom is -0.494 e. The topological polar surface area (TPSA) is 90.4 Å². The standard InChI is InChI=1S/C38H57N3O5S/c1-11-21-39(26-15-17-27(18-16-26)46-14-4)33(43)30-29-19-20-38(47-29)31(30)34(44)41(28(23-42)25(5)13-3)32(38)35(45)40(22-12-2)37(9,10)24-36(6,7)8/h11-12,15-18,25,28-32,42H,1-2,13-14,19-24H2,3-10H3/t25-,28-,29-,30+,31-,32?,38?/m0/s1. The Hall–Kier alpha value is -2.78. The molecule has 260 valence electrons. The van der Waals surface area contributed by atoms with Crippen LogP contribution >= 0.6 is 11.8 Å². The zero-order chi connectivity index (χ0) is 34.9. The molecule has 1 spiro atoms. The average Bonchev–Trinajstić information content (AvgIpc) is 3.65. The number of fused-ring (bicyclic) bond motifs is 1. The lowest BCUT2D eigenvalue weighted by Gasteiger charge is -2.47. The number of amides is 3. The van der Waals surface area contributed by atoms with Gasteiger partial charge in [-0.1, -0.05) is 53.2 Å². The molecule has 3 aliphatic rings. The molecule has 0 radical (unpaired) electrons. The Kier molecular flexibility index (Phi) is 11.3. The second-order valence-corrected chi connectivity index (χ2v) is 17.0. The van der Waals surface area contributed by atoms with Crippen LogP contribution < -0.4 is 9.64 Å². The van der Waals surface area contributed by atoms with Gasteiger partial charge in [0.2, 0.25) is 17.7 Å². The Morgan fingerprint density at radius 1 is 1.11 bits per heavy atom. The van der Waals surface area contributed by atoms with Gasteiger partial charge in [0.1, 0.15) is 11.8 Å². The van der Waals surface area contributed by atoms with Crippen molar-refractivity contribution in [3.63, 3.8) is 0 Å². The number of nitrogens with zero attached hydrogens (tertiary/aromatic N) is 3.